The van der Waals surface area contributed by atoms with Gasteiger partial charge in [0.1, 0.15) is 0 Å². The van der Waals surface area contributed by atoms with Gasteiger partial charge in [0.25, 0.3) is 0 Å². The second-order valence-corrected chi connectivity index (χ2v) is 7.04. The highest BCUT2D eigenvalue weighted by Crippen LogP contribution is 2.33. The van der Waals surface area contributed by atoms with Gasteiger partial charge in [0, 0.05) is 33.9 Å². The van der Waals surface area contributed by atoms with Gasteiger partial charge in [0.15, 0.2) is 0 Å². The standard InChI is InChI=1S/C13H18BrClN2S/c1-17(10-4-5-18-8-10)13(7-16)11-6-9(15)2-3-12(11)14/h2-3,6,10,13H,4-5,7-8,16H2,1H3. The zero-order valence-electron chi connectivity index (χ0n) is 10.4. The number of hydrogen-bond acceptors (Lipinski definition) is 3. The van der Waals surface area contributed by atoms with E-state index in [9.17, 15) is 0 Å². The molecule has 0 spiro atoms. The summed E-state index contributed by atoms with van der Waals surface area (Å²) < 4.78 is 1.08. The van der Waals surface area contributed by atoms with Crippen LogP contribution in [0.25, 0.3) is 0 Å². The van der Waals surface area contributed by atoms with Crippen molar-refractivity contribution in [1.82, 2.24) is 4.90 Å². The highest BCUT2D eigenvalue weighted by Gasteiger charge is 2.27. The van der Waals surface area contributed by atoms with Crippen LogP contribution in [0.15, 0.2) is 22.7 Å². The van der Waals surface area contributed by atoms with E-state index in [-0.39, 0.29) is 6.04 Å². The van der Waals surface area contributed by atoms with Crippen LogP contribution in [-0.4, -0.2) is 36.0 Å². The van der Waals surface area contributed by atoms with Crippen molar-refractivity contribution in [2.75, 3.05) is 25.1 Å². The van der Waals surface area contributed by atoms with E-state index in [0.29, 0.717) is 12.6 Å². The molecule has 5 heteroatoms. The van der Waals surface area contributed by atoms with Crippen molar-refractivity contribution in [2.45, 2.75) is 18.5 Å². The highest BCUT2D eigenvalue weighted by molar-refractivity contribution is 9.10. The Kier molecular flexibility index (Phi) is 5.39. The van der Waals surface area contributed by atoms with E-state index >= 15 is 0 Å². The molecule has 1 aliphatic heterocycles. The Morgan fingerprint density at radius 2 is 2.39 bits per heavy atom. The maximum Gasteiger partial charge on any atom is 0.0482 e. The summed E-state index contributed by atoms with van der Waals surface area (Å²) in [6, 6.07) is 6.75. The summed E-state index contributed by atoms with van der Waals surface area (Å²) in [7, 11) is 2.17. The molecule has 1 aromatic rings. The number of nitrogens with two attached hydrogens (primary N) is 1. The fraction of sp³-hybridized carbons (Fsp3) is 0.538. The molecular formula is C13H18BrClN2S. The first-order chi connectivity index (χ1) is 8.63. The van der Waals surface area contributed by atoms with Gasteiger partial charge < -0.3 is 5.73 Å². The van der Waals surface area contributed by atoms with Crippen molar-refractivity contribution in [2.24, 2.45) is 5.73 Å². The zero-order chi connectivity index (χ0) is 13.1. The number of thioether (sulfide) groups is 1. The first-order valence-corrected chi connectivity index (χ1v) is 8.40. The lowest BCUT2D eigenvalue weighted by molar-refractivity contribution is 0.192. The van der Waals surface area contributed by atoms with Gasteiger partial charge in [-0.1, -0.05) is 27.5 Å². The molecule has 1 aromatic carbocycles. The number of halogens is 2. The van der Waals surface area contributed by atoms with Crippen LogP contribution in [-0.2, 0) is 0 Å². The minimum Gasteiger partial charge on any atom is -0.329 e. The molecule has 0 radical (unpaired) electrons. The van der Waals surface area contributed by atoms with Gasteiger partial charge in [-0.2, -0.15) is 11.8 Å². The Morgan fingerprint density at radius 1 is 1.61 bits per heavy atom. The molecule has 0 saturated carbocycles. The summed E-state index contributed by atoms with van der Waals surface area (Å²) >= 11 is 11.7. The molecule has 0 amide bonds. The van der Waals surface area contributed by atoms with E-state index < -0.39 is 0 Å². The van der Waals surface area contributed by atoms with Crippen LogP contribution >= 0.6 is 39.3 Å². The fourth-order valence-electron chi connectivity index (χ4n) is 2.38. The molecule has 1 fully saturated rings. The van der Waals surface area contributed by atoms with Crippen LogP contribution in [0.5, 0.6) is 0 Å². The smallest absolute Gasteiger partial charge is 0.0482 e. The summed E-state index contributed by atoms with van der Waals surface area (Å²) in [5, 5.41) is 0.765. The number of likely N-dealkylation sites (N-methyl/N-ethyl adjacent to an activating group) is 1. The average molecular weight is 350 g/mol. The first-order valence-electron chi connectivity index (χ1n) is 6.08. The van der Waals surface area contributed by atoms with Crippen molar-refractivity contribution < 1.29 is 0 Å². The van der Waals surface area contributed by atoms with Crippen molar-refractivity contribution in [1.29, 1.82) is 0 Å². The van der Waals surface area contributed by atoms with E-state index in [4.69, 9.17) is 17.3 Å². The number of hydrogen-bond donors (Lipinski definition) is 1. The van der Waals surface area contributed by atoms with E-state index in [1.807, 2.05) is 30.0 Å². The van der Waals surface area contributed by atoms with Crippen molar-refractivity contribution >= 4 is 39.3 Å². The summed E-state index contributed by atoms with van der Waals surface area (Å²) in [4.78, 5) is 2.40. The van der Waals surface area contributed by atoms with Crippen LogP contribution < -0.4 is 5.73 Å². The number of nitrogens with zero attached hydrogens (tertiary/aromatic N) is 1. The predicted octanol–water partition coefficient (Wildman–Crippen LogP) is 3.54. The SMILES string of the molecule is CN(C1CCSC1)C(CN)c1cc(Cl)ccc1Br. The lowest BCUT2D eigenvalue weighted by Gasteiger charge is -2.32. The molecule has 2 unspecified atom stereocenters. The minimum absolute atomic E-state index is 0.224. The monoisotopic (exact) mass is 348 g/mol. The molecule has 2 rings (SSSR count). The maximum atomic E-state index is 6.10. The fourth-order valence-corrected chi connectivity index (χ4v) is 4.35. The van der Waals surface area contributed by atoms with Gasteiger partial charge in [-0.3, -0.25) is 4.90 Å². The Labute approximate surface area is 126 Å². The average Bonchev–Trinajstić information content (AvgIpc) is 2.88. The number of rotatable bonds is 4. The summed E-state index contributed by atoms with van der Waals surface area (Å²) in [5.41, 5.74) is 7.16. The lowest BCUT2D eigenvalue weighted by atomic mass is 10.0. The highest BCUT2D eigenvalue weighted by atomic mass is 79.9. The van der Waals surface area contributed by atoms with E-state index in [0.717, 1.165) is 9.50 Å². The molecule has 18 heavy (non-hydrogen) atoms. The van der Waals surface area contributed by atoms with E-state index in [2.05, 4.69) is 27.9 Å². The van der Waals surface area contributed by atoms with Crippen LogP contribution in [0.4, 0.5) is 0 Å². The Morgan fingerprint density at radius 3 is 3.00 bits per heavy atom. The minimum atomic E-state index is 0.224. The largest absolute Gasteiger partial charge is 0.329 e. The Balaban J connectivity index is 2.23. The molecule has 0 aromatic heterocycles. The third-order valence-electron chi connectivity index (χ3n) is 3.51. The second-order valence-electron chi connectivity index (χ2n) is 4.60. The molecule has 1 heterocycles. The van der Waals surface area contributed by atoms with Crippen molar-refractivity contribution in [3.05, 3.63) is 33.3 Å². The third-order valence-corrected chi connectivity index (χ3v) is 5.62. The lowest BCUT2D eigenvalue weighted by Crippen LogP contribution is -2.38. The summed E-state index contributed by atoms with van der Waals surface area (Å²) in [6.07, 6.45) is 1.25. The maximum absolute atomic E-state index is 6.10. The Bertz CT molecular complexity index is 410. The van der Waals surface area contributed by atoms with Crippen LogP contribution in [0.1, 0.15) is 18.0 Å². The van der Waals surface area contributed by atoms with Crippen LogP contribution in [0.2, 0.25) is 5.02 Å². The second kappa shape index (κ2) is 6.62. The normalized spacial score (nSPS) is 21.5. The molecule has 1 saturated heterocycles. The van der Waals surface area contributed by atoms with Gasteiger partial charge in [-0.05, 0) is 43.0 Å². The van der Waals surface area contributed by atoms with E-state index in [1.165, 1.54) is 23.5 Å². The zero-order valence-corrected chi connectivity index (χ0v) is 13.6. The molecule has 2 atom stereocenters. The summed E-state index contributed by atoms with van der Waals surface area (Å²) in [6.45, 7) is 0.608. The molecule has 1 aliphatic rings. The van der Waals surface area contributed by atoms with Crippen molar-refractivity contribution in [3.63, 3.8) is 0 Å². The first kappa shape index (κ1) is 14.7. The molecule has 2 nitrogen and oxygen atoms in total. The van der Waals surface area contributed by atoms with E-state index in [1.54, 1.807) is 0 Å². The Hall–Kier alpha value is 0.260. The van der Waals surface area contributed by atoms with Gasteiger partial charge in [0.05, 0.1) is 0 Å². The van der Waals surface area contributed by atoms with Crippen LogP contribution in [0.3, 0.4) is 0 Å². The van der Waals surface area contributed by atoms with Gasteiger partial charge in [0.2, 0.25) is 0 Å². The molecule has 0 bridgehead atoms. The summed E-state index contributed by atoms with van der Waals surface area (Å²) in [5.74, 6) is 2.45. The van der Waals surface area contributed by atoms with Crippen molar-refractivity contribution in [3.8, 4) is 0 Å². The predicted molar refractivity (Wildman–Crippen MR) is 84.4 cm³/mol. The topological polar surface area (TPSA) is 29.3 Å². The third kappa shape index (κ3) is 3.23. The van der Waals surface area contributed by atoms with Crippen LogP contribution in [0, 0.1) is 0 Å². The molecule has 100 valence electrons. The quantitative estimate of drug-likeness (QED) is 0.901. The van der Waals surface area contributed by atoms with Gasteiger partial charge in [-0.15, -0.1) is 0 Å². The molecular weight excluding hydrogens is 332 g/mol. The molecule has 2 N–H and O–H groups in total. The van der Waals surface area contributed by atoms with Gasteiger partial charge in [-0.25, -0.2) is 0 Å². The van der Waals surface area contributed by atoms with Gasteiger partial charge >= 0.3 is 0 Å². The molecule has 0 aliphatic carbocycles. The number of benzene rings is 1.